The number of nitrogens with zero attached hydrogens (tertiary/aromatic N) is 5. The molecule has 0 aliphatic carbocycles. The van der Waals surface area contributed by atoms with Crippen LogP contribution in [0.5, 0.6) is 11.8 Å². The highest BCUT2D eigenvalue weighted by molar-refractivity contribution is 5.85. The maximum Gasteiger partial charge on any atom is 0.345 e. The van der Waals surface area contributed by atoms with Crippen molar-refractivity contribution in [3.05, 3.63) is 60.2 Å². The summed E-state index contributed by atoms with van der Waals surface area (Å²) in [5.74, 6) is 0.708. The summed E-state index contributed by atoms with van der Waals surface area (Å²) in [6, 6.07) is 18.0. The summed E-state index contributed by atoms with van der Waals surface area (Å²) in [5, 5.41) is 15.2. The topological polar surface area (TPSA) is 77.3 Å². The predicted octanol–water partition coefficient (Wildman–Crippen LogP) is 2.30. The van der Waals surface area contributed by atoms with E-state index in [1.54, 1.807) is 4.68 Å². The summed E-state index contributed by atoms with van der Waals surface area (Å²) >= 11 is 0. The highest BCUT2D eigenvalue weighted by Gasteiger charge is 2.11. The van der Waals surface area contributed by atoms with Crippen molar-refractivity contribution in [2.45, 2.75) is 6.54 Å². The van der Waals surface area contributed by atoms with Gasteiger partial charge in [0.2, 0.25) is 0 Å². The molecule has 9 heteroatoms. The third kappa shape index (κ3) is 5.98. The standard InChI is InChI=1S/C20H24N6O2.ClH/c1-2-6-18(7-3-1)26-20(22-23-24-26)28-19-8-4-5-17(15-19)16-21-9-10-25-11-13-27-14-12-25;/h1-8,15,21H,9-14,16H2;1H. The molecule has 1 aliphatic heterocycles. The molecule has 154 valence electrons. The molecule has 0 radical (unpaired) electrons. The minimum Gasteiger partial charge on any atom is -0.423 e. The molecular formula is C20H25ClN6O2. The largest absolute Gasteiger partial charge is 0.423 e. The minimum atomic E-state index is 0. The van der Waals surface area contributed by atoms with Crippen molar-refractivity contribution in [3.8, 4) is 17.4 Å². The Morgan fingerprint density at radius 1 is 1.03 bits per heavy atom. The molecule has 4 rings (SSSR count). The minimum absolute atomic E-state index is 0. The van der Waals surface area contributed by atoms with Crippen LogP contribution in [0.2, 0.25) is 0 Å². The Morgan fingerprint density at radius 2 is 1.86 bits per heavy atom. The lowest BCUT2D eigenvalue weighted by Crippen LogP contribution is -2.40. The quantitative estimate of drug-likeness (QED) is 0.564. The van der Waals surface area contributed by atoms with Gasteiger partial charge in [0.1, 0.15) is 5.75 Å². The van der Waals surface area contributed by atoms with Crippen LogP contribution in [0, 0.1) is 0 Å². The van der Waals surface area contributed by atoms with Crippen LogP contribution in [0.3, 0.4) is 0 Å². The fourth-order valence-corrected chi connectivity index (χ4v) is 3.09. The zero-order chi connectivity index (χ0) is 19.0. The summed E-state index contributed by atoms with van der Waals surface area (Å²) < 4.78 is 12.9. The van der Waals surface area contributed by atoms with Crippen LogP contribution >= 0.6 is 12.4 Å². The number of benzene rings is 2. The molecular weight excluding hydrogens is 392 g/mol. The van der Waals surface area contributed by atoms with E-state index in [4.69, 9.17) is 9.47 Å². The molecule has 0 amide bonds. The van der Waals surface area contributed by atoms with E-state index in [0.717, 1.165) is 57.2 Å². The van der Waals surface area contributed by atoms with Gasteiger partial charge in [0.15, 0.2) is 0 Å². The summed E-state index contributed by atoms with van der Waals surface area (Å²) in [6.07, 6.45) is 0. The second-order valence-corrected chi connectivity index (χ2v) is 6.59. The average Bonchev–Trinajstić information content (AvgIpc) is 3.21. The molecule has 1 fully saturated rings. The van der Waals surface area contributed by atoms with Crippen LogP contribution in [-0.2, 0) is 11.3 Å². The number of ether oxygens (including phenoxy) is 2. The summed E-state index contributed by atoms with van der Waals surface area (Å²) in [4.78, 5) is 2.42. The van der Waals surface area contributed by atoms with Crippen molar-refractivity contribution in [2.75, 3.05) is 39.4 Å². The third-order valence-corrected chi connectivity index (χ3v) is 4.59. The number of hydrogen-bond acceptors (Lipinski definition) is 7. The first-order chi connectivity index (χ1) is 13.9. The third-order valence-electron chi connectivity index (χ3n) is 4.59. The maximum absolute atomic E-state index is 5.92. The van der Waals surface area contributed by atoms with E-state index >= 15 is 0 Å². The van der Waals surface area contributed by atoms with E-state index < -0.39 is 0 Å². The van der Waals surface area contributed by atoms with Gasteiger partial charge in [-0.05, 0) is 40.3 Å². The first-order valence-electron chi connectivity index (χ1n) is 9.50. The van der Waals surface area contributed by atoms with E-state index in [1.165, 1.54) is 0 Å². The van der Waals surface area contributed by atoms with Gasteiger partial charge >= 0.3 is 6.01 Å². The molecule has 1 aliphatic rings. The van der Waals surface area contributed by atoms with Gasteiger partial charge in [0.25, 0.3) is 0 Å². The van der Waals surface area contributed by atoms with Crippen molar-refractivity contribution in [1.82, 2.24) is 30.4 Å². The van der Waals surface area contributed by atoms with E-state index in [0.29, 0.717) is 11.8 Å². The van der Waals surface area contributed by atoms with Gasteiger partial charge in [-0.2, -0.15) is 4.68 Å². The SMILES string of the molecule is Cl.c1ccc(-n2nnnc2Oc2cccc(CNCCN3CCOCC3)c2)cc1. The summed E-state index contributed by atoms with van der Waals surface area (Å²) in [5.41, 5.74) is 2.00. The van der Waals surface area contributed by atoms with Gasteiger partial charge < -0.3 is 14.8 Å². The lowest BCUT2D eigenvalue weighted by Gasteiger charge is -2.26. The zero-order valence-corrected chi connectivity index (χ0v) is 16.9. The van der Waals surface area contributed by atoms with Crippen molar-refractivity contribution in [2.24, 2.45) is 0 Å². The fourth-order valence-electron chi connectivity index (χ4n) is 3.09. The average molecular weight is 417 g/mol. The van der Waals surface area contributed by atoms with Crippen LogP contribution in [0.25, 0.3) is 5.69 Å². The second kappa shape index (κ2) is 10.9. The molecule has 2 heterocycles. The Hall–Kier alpha value is -2.52. The Morgan fingerprint density at radius 3 is 2.69 bits per heavy atom. The number of nitrogens with one attached hydrogen (secondary N) is 1. The number of tetrazole rings is 1. The lowest BCUT2D eigenvalue weighted by molar-refractivity contribution is 0.0384. The normalized spacial score (nSPS) is 14.3. The van der Waals surface area contributed by atoms with Crippen LogP contribution in [-0.4, -0.2) is 64.5 Å². The predicted molar refractivity (Wildman–Crippen MR) is 112 cm³/mol. The Balaban J connectivity index is 0.00000240. The zero-order valence-electron chi connectivity index (χ0n) is 16.1. The van der Waals surface area contributed by atoms with E-state index in [1.807, 2.05) is 48.5 Å². The molecule has 2 aromatic carbocycles. The van der Waals surface area contributed by atoms with Gasteiger partial charge in [0.05, 0.1) is 18.9 Å². The first-order valence-corrected chi connectivity index (χ1v) is 9.50. The molecule has 0 bridgehead atoms. The Kier molecular flexibility index (Phi) is 7.94. The molecule has 29 heavy (non-hydrogen) atoms. The van der Waals surface area contributed by atoms with Crippen molar-refractivity contribution in [3.63, 3.8) is 0 Å². The summed E-state index contributed by atoms with van der Waals surface area (Å²) in [7, 11) is 0. The van der Waals surface area contributed by atoms with Crippen molar-refractivity contribution < 1.29 is 9.47 Å². The molecule has 0 saturated carbocycles. The van der Waals surface area contributed by atoms with Gasteiger partial charge in [-0.25, -0.2) is 0 Å². The van der Waals surface area contributed by atoms with Crippen molar-refractivity contribution in [1.29, 1.82) is 0 Å². The Labute approximate surface area is 176 Å². The highest BCUT2D eigenvalue weighted by Crippen LogP contribution is 2.22. The number of halogens is 1. The molecule has 0 spiro atoms. The van der Waals surface area contributed by atoms with Crippen LogP contribution in [0.4, 0.5) is 0 Å². The summed E-state index contributed by atoms with van der Waals surface area (Å²) in [6.45, 7) is 6.46. The number of rotatable bonds is 8. The van der Waals surface area contributed by atoms with Gasteiger partial charge in [0, 0.05) is 32.7 Å². The van der Waals surface area contributed by atoms with Crippen LogP contribution in [0.1, 0.15) is 5.56 Å². The second-order valence-electron chi connectivity index (χ2n) is 6.59. The molecule has 1 aromatic heterocycles. The number of aromatic nitrogens is 4. The van der Waals surface area contributed by atoms with E-state index in [-0.39, 0.29) is 12.4 Å². The maximum atomic E-state index is 5.92. The fraction of sp³-hybridized carbons (Fsp3) is 0.350. The lowest BCUT2D eigenvalue weighted by atomic mass is 10.2. The number of hydrogen-bond donors (Lipinski definition) is 1. The molecule has 0 atom stereocenters. The van der Waals surface area contributed by atoms with Gasteiger partial charge in [-0.3, -0.25) is 4.90 Å². The number of para-hydroxylation sites is 1. The Bertz CT molecular complexity index is 870. The van der Waals surface area contributed by atoms with Crippen molar-refractivity contribution >= 4 is 12.4 Å². The van der Waals surface area contributed by atoms with Gasteiger partial charge in [-0.1, -0.05) is 35.4 Å². The smallest absolute Gasteiger partial charge is 0.345 e. The molecule has 3 aromatic rings. The number of morpholine rings is 1. The van der Waals surface area contributed by atoms with Gasteiger partial charge in [-0.15, -0.1) is 12.4 Å². The molecule has 1 saturated heterocycles. The highest BCUT2D eigenvalue weighted by atomic mass is 35.5. The van der Waals surface area contributed by atoms with E-state index in [2.05, 4.69) is 31.8 Å². The monoisotopic (exact) mass is 416 g/mol. The van der Waals surface area contributed by atoms with E-state index in [9.17, 15) is 0 Å². The first kappa shape index (κ1) is 21.2. The van der Waals surface area contributed by atoms with Crippen LogP contribution < -0.4 is 10.1 Å². The molecule has 1 N–H and O–H groups in total. The molecule has 8 nitrogen and oxygen atoms in total. The molecule has 0 unspecified atom stereocenters. The van der Waals surface area contributed by atoms with Crippen LogP contribution in [0.15, 0.2) is 54.6 Å².